The molecule has 0 bridgehead atoms. The minimum absolute atomic E-state index is 0.102. The van der Waals surface area contributed by atoms with Crippen molar-refractivity contribution in [1.82, 2.24) is 14.2 Å². The molecular weight excluding hydrogens is 322 g/mol. The summed E-state index contributed by atoms with van der Waals surface area (Å²) in [5.74, 6) is 0.291. The molecule has 0 spiro atoms. The lowest BCUT2D eigenvalue weighted by atomic mass is 10.2. The number of hydrogen-bond donors (Lipinski definition) is 1. The summed E-state index contributed by atoms with van der Waals surface area (Å²) in [7, 11) is -4.28. The van der Waals surface area contributed by atoms with Gasteiger partial charge in [0.05, 0.1) is 12.7 Å². The SMILES string of the molecule is CO[C@@H]1COc2c(S(=O)(=O)N[Si](C)(C)C(C)(C)C)cnn2C1. The van der Waals surface area contributed by atoms with Crippen molar-refractivity contribution in [2.45, 2.75) is 56.4 Å². The summed E-state index contributed by atoms with van der Waals surface area (Å²) in [5.41, 5.74) is 0. The molecule has 0 fully saturated rings. The summed E-state index contributed by atoms with van der Waals surface area (Å²) in [6, 6.07) is 0. The fraction of sp³-hybridized carbons (Fsp3) is 0.769. The number of fused-ring (bicyclic) bond motifs is 1. The van der Waals surface area contributed by atoms with E-state index in [1.165, 1.54) is 10.9 Å². The molecule has 7 nitrogen and oxygen atoms in total. The van der Waals surface area contributed by atoms with Crippen LogP contribution in [-0.4, -0.2) is 46.3 Å². The van der Waals surface area contributed by atoms with Gasteiger partial charge in [-0.1, -0.05) is 33.9 Å². The van der Waals surface area contributed by atoms with Crippen molar-refractivity contribution < 1.29 is 17.9 Å². The molecular formula is C13H25N3O4SSi. The Kier molecular flexibility index (Phi) is 4.46. The third kappa shape index (κ3) is 3.22. The molecule has 1 aromatic rings. The molecule has 0 saturated carbocycles. The third-order valence-corrected chi connectivity index (χ3v) is 12.2. The van der Waals surface area contributed by atoms with Crippen LogP contribution in [0.2, 0.25) is 18.1 Å². The van der Waals surface area contributed by atoms with Crippen LogP contribution in [0.5, 0.6) is 5.88 Å². The molecule has 1 aliphatic rings. The van der Waals surface area contributed by atoms with Gasteiger partial charge in [0.15, 0.2) is 4.90 Å². The number of sulfonamides is 1. The van der Waals surface area contributed by atoms with Gasteiger partial charge in [-0.25, -0.2) is 17.5 Å². The number of nitrogens with zero attached hydrogens (tertiary/aromatic N) is 2. The average molecular weight is 348 g/mol. The zero-order valence-electron chi connectivity index (χ0n) is 14.0. The Hall–Kier alpha value is -0.903. The third-order valence-electron chi connectivity index (χ3n) is 4.43. The first kappa shape index (κ1) is 17.5. The highest BCUT2D eigenvalue weighted by atomic mass is 32.2. The minimum Gasteiger partial charge on any atom is -0.474 e. The molecule has 126 valence electrons. The van der Waals surface area contributed by atoms with Crippen LogP contribution in [0.25, 0.3) is 0 Å². The summed E-state index contributed by atoms with van der Waals surface area (Å²) >= 11 is 0. The highest BCUT2D eigenvalue weighted by Crippen LogP contribution is 2.36. The number of hydrogen-bond acceptors (Lipinski definition) is 5. The van der Waals surface area contributed by atoms with E-state index in [4.69, 9.17) is 9.47 Å². The van der Waals surface area contributed by atoms with Crippen molar-refractivity contribution in [3.63, 3.8) is 0 Å². The van der Waals surface area contributed by atoms with Gasteiger partial charge in [-0.2, -0.15) is 5.10 Å². The van der Waals surface area contributed by atoms with E-state index in [1.807, 2.05) is 13.1 Å². The van der Waals surface area contributed by atoms with Crippen molar-refractivity contribution >= 4 is 18.3 Å². The Morgan fingerprint density at radius 2 is 2.09 bits per heavy atom. The van der Waals surface area contributed by atoms with Gasteiger partial charge in [-0.05, 0) is 5.04 Å². The quantitative estimate of drug-likeness (QED) is 0.836. The summed E-state index contributed by atoms with van der Waals surface area (Å²) in [6.45, 7) is 11.0. The molecule has 9 heteroatoms. The second kappa shape index (κ2) is 5.62. The zero-order chi connectivity index (χ0) is 16.8. The first-order valence-electron chi connectivity index (χ1n) is 7.23. The molecule has 2 heterocycles. The van der Waals surface area contributed by atoms with Crippen LogP contribution < -0.4 is 9.12 Å². The molecule has 2 rings (SSSR count). The lowest BCUT2D eigenvalue weighted by Crippen LogP contribution is -2.54. The first-order valence-corrected chi connectivity index (χ1v) is 11.7. The fourth-order valence-electron chi connectivity index (χ4n) is 1.92. The predicted molar refractivity (Wildman–Crippen MR) is 86.0 cm³/mol. The smallest absolute Gasteiger partial charge is 0.241 e. The number of methoxy groups -OCH3 is 1. The van der Waals surface area contributed by atoms with Gasteiger partial charge in [-0.15, -0.1) is 0 Å². The van der Waals surface area contributed by atoms with E-state index < -0.39 is 18.3 Å². The summed E-state index contributed by atoms with van der Waals surface area (Å²) in [5, 5.41) is 4.02. The molecule has 22 heavy (non-hydrogen) atoms. The van der Waals surface area contributed by atoms with Gasteiger partial charge in [0.2, 0.25) is 15.9 Å². The highest BCUT2D eigenvalue weighted by molar-refractivity contribution is 7.91. The van der Waals surface area contributed by atoms with Gasteiger partial charge in [0.1, 0.15) is 20.9 Å². The monoisotopic (exact) mass is 347 g/mol. The molecule has 0 aromatic carbocycles. The maximum absolute atomic E-state index is 12.7. The van der Waals surface area contributed by atoms with Crippen LogP contribution in [0.4, 0.5) is 0 Å². The Balaban J connectivity index is 2.31. The molecule has 0 aliphatic carbocycles. The second-order valence-corrected chi connectivity index (χ2v) is 14.2. The zero-order valence-corrected chi connectivity index (χ0v) is 15.8. The number of aromatic nitrogens is 2. The van der Waals surface area contributed by atoms with E-state index in [-0.39, 0.29) is 16.0 Å². The van der Waals surface area contributed by atoms with E-state index in [2.05, 4.69) is 30.3 Å². The van der Waals surface area contributed by atoms with Gasteiger partial charge in [0, 0.05) is 7.11 Å². The Morgan fingerprint density at radius 1 is 1.45 bits per heavy atom. The van der Waals surface area contributed by atoms with E-state index in [1.54, 1.807) is 7.11 Å². The van der Waals surface area contributed by atoms with Crippen LogP contribution in [-0.2, 0) is 21.3 Å². The van der Waals surface area contributed by atoms with Gasteiger partial charge >= 0.3 is 0 Å². The van der Waals surface area contributed by atoms with Crippen molar-refractivity contribution in [2.75, 3.05) is 13.7 Å². The molecule has 0 amide bonds. The van der Waals surface area contributed by atoms with Crippen LogP contribution >= 0.6 is 0 Å². The lowest BCUT2D eigenvalue weighted by Gasteiger charge is -2.36. The standard InChI is InChI=1S/C13H25N3O4SSi/c1-13(2,3)22(5,6)15-21(17,18)11-7-14-16-8-10(19-4)9-20-12(11)16/h7,10,15H,8-9H2,1-6H3/t10-/m0/s1. The van der Waals surface area contributed by atoms with Crippen LogP contribution in [0.15, 0.2) is 11.1 Å². The Morgan fingerprint density at radius 3 is 2.64 bits per heavy atom. The first-order chi connectivity index (χ1) is 9.98. The van der Waals surface area contributed by atoms with Crippen molar-refractivity contribution in [3.8, 4) is 5.88 Å². The summed E-state index contributed by atoms with van der Waals surface area (Å²) < 4.78 is 40.7. The molecule has 0 radical (unpaired) electrons. The van der Waals surface area contributed by atoms with Gasteiger partial charge in [-0.3, -0.25) is 0 Å². The Bertz CT molecular complexity index is 649. The van der Waals surface area contributed by atoms with Crippen LogP contribution in [0.3, 0.4) is 0 Å². The topological polar surface area (TPSA) is 82.4 Å². The summed E-state index contributed by atoms with van der Waals surface area (Å²) in [6.07, 6.45) is 1.24. The lowest BCUT2D eigenvalue weighted by molar-refractivity contribution is 0.0165. The number of nitrogens with one attached hydrogen (secondary N) is 1. The fourth-order valence-corrected chi connectivity index (χ4v) is 6.85. The molecule has 1 aromatic heterocycles. The van der Waals surface area contributed by atoms with Crippen molar-refractivity contribution in [1.29, 1.82) is 0 Å². The Labute approximate surface area is 133 Å². The predicted octanol–water partition coefficient (Wildman–Crippen LogP) is 1.57. The normalized spacial score (nSPS) is 19.6. The van der Waals surface area contributed by atoms with E-state index in [0.717, 1.165) is 0 Å². The van der Waals surface area contributed by atoms with E-state index in [0.29, 0.717) is 19.0 Å². The molecule has 1 N–H and O–H groups in total. The maximum atomic E-state index is 12.7. The van der Waals surface area contributed by atoms with Crippen LogP contribution in [0, 0.1) is 0 Å². The largest absolute Gasteiger partial charge is 0.474 e. The number of ether oxygens (including phenoxy) is 2. The minimum atomic E-state index is -3.66. The molecule has 1 aliphatic heterocycles. The molecule has 1 atom stereocenters. The maximum Gasteiger partial charge on any atom is 0.241 e. The summed E-state index contributed by atoms with van der Waals surface area (Å²) in [4.78, 5) is 0.104. The molecule has 0 unspecified atom stereocenters. The van der Waals surface area contributed by atoms with Gasteiger partial charge in [0.25, 0.3) is 0 Å². The highest BCUT2D eigenvalue weighted by Gasteiger charge is 2.41. The van der Waals surface area contributed by atoms with Crippen LogP contribution in [0.1, 0.15) is 20.8 Å². The van der Waals surface area contributed by atoms with Crippen molar-refractivity contribution in [3.05, 3.63) is 6.20 Å². The molecule has 0 saturated heterocycles. The van der Waals surface area contributed by atoms with E-state index in [9.17, 15) is 8.42 Å². The average Bonchev–Trinajstić information content (AvgIpc) is 2.79. The van der Waals surface area contributed by atoms with Gasteiger partial charge < -0.3 is 9.47 Å². The second-order valence-electron chi connectivity index (χ2n) is 7.15. The number of rotatable bonds is 4. The van der Waals surface area contributed by atoms with E-state index >= 15 is 0 Å². The van der Waals surface area contributed by atoms with Crippen molar-refractivity contribution in [2.24, 2.45) is 0 Å².